The number of hydrogen-bond acceptors (Lipinski definition) is 4. The predicted molar refractivity (Wildman–Crippen MR) is 96.9 cm³/mol. The normalized spacial score (nSPS) is 30.3. The van der Waals surface area contributed by atoms with Crippen LogP contribution in [0.5, 0.6) is 0 Å². The first-order valence-corrected chi connectivity index (χ1v) is 8.86. The van der Waals surface area contributed by atoms with E-state index in [1.165, 1.54) is 6.07 Å². The van der Waals surface area contributed by atoms with Gasteiger partial charge >= 0.3 is 0 Å². The van der Waals surface area contributed by atoms with Gasteiger partial charge in [0, 0.05) is 24.4 Å². The molecule has 1 aliphatic rings. The van der Waals surface area contributed by atoms with Crippen molar-refractivity contribution < 1.29 is 9.13 Å². The molecule has 8 heteroatoms. The van der Waals surface area contributed by atoms with Crippen LogP contribution in [0.2, 0.25) is 5.02 Å². The van der Waals surface area contributed by atoms with Gasteiger partial charge in [0.1, 0.15) is 30.3 Å². The fraction of sp³-hybridized carbons (Fsp3) is 0.375. The number of anilines is 1. The van der Waals surface area contributed by atoms with Gasteiger partial charge in [-0.05, 0) is 35.8 Å². The highest BCUT2D eigenvalue weighted by molar-refractivity contribution is 9.09. The first kappa shape index (κ1) is 17.5. The van der Waals surface area contributed by atoms with Crippen LogP contribution in [-0.2, 0) is 4.74 Å². The summed E-state index contributed by atoms with van der Waals surface area (Å²) in [4.78, 5) is 8.26. The lowest BCUT2D eigenvalue weighted by atomic mass is 10.1. The average Bonchev–Trinajstić information content (AvgIpc) is 2.53. The SMILES string of the molecule is CC1C[N+](c2ccc(F)c(Cl)c2)(c2ccnc(N)n2)C(Br)C(C)O1. The van der Waals surface area contributed by atoms with Crippen LogP contribution in [0.15, 0.2) is 30.5 Å². The van der Waals surface area contributed by atoms with Gasteiger partial charge in [-0.1, -0.05) is 11.6 Å². The van der Waals surface area contributed by atoms with Gasteiger partial charge in [-0.2, -0.15) is 4.98 Å². The van der Waals surface area contributed by atoms with E-state index in [0.717, 1.165) is 5.69 Å². The third-order valence-corrected chi connectivity index (χ3v) is 5.97. The number of morpholine rings is 1. The number of ether oxygens (including phenoxy) is 1. The third kappa shape index (κ3) is 2.90. The van der Waals surface area contributed by atoms with Crippen LogP contribution in [0.3, 0.4) is 0 Å². The molecule has 0 saturated carbocycles. The number of hydrogen-bond donors (Lipinski definition) is 1. The summed E-state index contributed by atoms with van der Waals surface area (Å²) >= 11 is 9.80. The minimum absolute atomic E-state index is 0.0335. The number of nitrogens with two attached hydrogens (primary N) is 1. The smallest absolute Gasteiger partial charge is 0.238 e. The second kappa shape index (κ2) is 6.55. The van der Waals surface area contributed by atoms with E-state index in [1.807, 2.05) is 19.9 Å². The summed E-state index contributed by atoms with van der Waals surface area (Å²) < 4.78 is 19.9. The molecule has 1 aromatic carbocycles. The van der Waals surface area contributed by atoms with Gasteiger partial charge in [0.2, 0.25) is 11.8 Å². The molecule has 128 valence electrons. The topological polar surface area (TPSA) is 61.0 Å². The molecule has 0 bridgehead atoms. The number of benzene rings is 1. The Kier molecular flexibility index (Phi) is 4.79. The van der Waals surface area contributed by atoms with Crippen molar-refractivity contribution in [1.82, 2.24) is 14.5 Å². The number of rotatable bonds is 2. The first-order chi connectivity index (χ1) is 11.3. The van der Waals surface area contributed by atoms with Gasteiger partial charge in [-0.15, -0.1) is 0 Å². The van der Waals surface area contributed by atoms with Gasteiger partial charge in [0.15, 0.2) is 4.95 Å². The molecule has 0 amide bonds. The highest BCUT2D eigenvalue weighted by Gasteiger charge is 2.50. The van der Waals surface area contributed by atoms with Crippen LogP contribution >= 0.6 is 27.5 Å². The lowest BCUT2D eigenvalue weighted by molar-refractivity contribution is -0.0587. The van der Waals surface area contributed by atoms with E-state index in [-0.39, 0.29) is 28.1 Å². The Morgan fingerprint density at radius 1 is 1.38 bits per heavy atom. The Morgan fingerprint density at radius 3 is 2.79 bits per heavy atom. The van der Waals surface area contributed by atoms with Gasteiger partial charge in [0.05, 0.1) is 5.02 Å². The molecule has 2 aromatic rings. The van der Waals surface area contributed by atoms with Gasteiger partial charge < -0.3 is 10.5 Å². The molecular weight excluding hydrogens is 399 g/mol. The van der Waals surface area contributed by atoms with Crippen LogP contribution in [0.1, 0.15) is 13.8 Å². The Balaban J connectivity index is 2.25. The quantitative estimate of drug-likeness (QED) is 0.456. The van der Waals surface area contributed by atoms with Crippen LogP contribution in [-0.4, -0.2) is 33.7 Å². The summed E-state index contributed by atoms with van der Waals surface area (Å²) in [6.07, 6.45) is 1.48. The van der Waals surface area contributed by atoms with Crippen molar-refractivity contribution in [2.45, 2.75) is 31.0 Å². The molecule has 3 rings (SSSR count). The van der Waals surface area contributed by atoms with E-state index in [2.05, 4.69) is 25.9 Å². The molecule has 1 fully saturated rings. The molecule has 1 saturated heterocycles. The molecule has 0 aliphatic carbocycles. The van der Waals surface area contributed by atoms with Crippen molar-refractivity contribution in [2.75, 3.05) is 12.3 Å². The minimum atomic E-state index is -0.457. The maximum Gasteiger partial charge on any atom is 0.238 e. The Morgan fingerprint density at radius 2 is 2.12 bits per heavy atom. The summed E-state index contributed by atoms with van der Waals surface area (Å²) in [5.74, 6) is 0.431. The van der Waals surface area contributed by atoms with Crippen molar-refractivity contribution in [2.24, 2.45) is 0 Å². The lowest BCUT2D eigenvalue weighted by Gasteiger charge is -2.47. The summed E-state index contributed by atoms with van der Waals surface area (Å²) in [7, 11) is 0. The van der Waals surface area contributed by atoms with Crippen LogP contribution in [0, 0.1) is 5.82 Å². The molecule has 5 nitrogen and oxygen atoms in total. The zero-order valence-electron chi connectivity index (χ0n) is 13.3. The van der Waals surface area contributed by atoms with Crippen molar-refractivity contribution in [1.29, 1.82) is 0 Å². The van der Waals surface area contributed by atoms with Crippen molar-refractivity contribution in [3.63, 3.8) is 0 Å². The van der Waals surface area contributed by atoms with Gasteiger partial charge in [-0.3, -0.25) is 0 Å². The van der Waals surface area contributed by atoms with Crippen LogP contribution < -0.4 is 10.2 Å². The third-order valence-electron chi connectivity index (χ3n) is 4.23. The molecule has 2 heterocycles. The Labute approximate surface area is 153 Å². The van der Waals surface area contributed by atoms with E-state index in [4.69, 9.17) is 22.1 Å². The minimum Gasteiger partial charge on any atom is -0.368 e. The Hall–Kier alpha value is -1.28. The Bertz CT molecular complexity index is 765. The second-order valence-corrected chi connectivity index (χ2v) is 7.29. The summed E-state index contributed by atoms with van der Waals surface area (Å²) in [6.45, 7) is 4.58. The average molecular weight is 417 g/mol. The second-order valence-electron chi connectivity index (χ2n) is 5.95. The molecule has 1 aliphatic heterocycles. The van der Waals surface area contributed by atoms with E-state index in [0.29, 0.717) is 16.8 Å². The van der Waals surface area contributed by atoms with Gasteiger partial charge in [-0.25, -0.2) is 13.9 Å². The van der Waals surface area contributed by atoms with Crippen molar-refractivity contribution >= 4 is 45.0 Å². The predicted octanol–water partition coefficient (Wildman–Crippen LogP) is 4.02. The maximum absolute atomic E-state index is 13.7. The van der Waals surface area contributed by atoms with Crippen molar-refractivity contribution in [3.8, 4) is 0 Å². The highest BCUT2D eigenvalue weighted by Crippen LogP contribution is 2.44. The van der Waals surface area contributed by atoms with Crippen LogP contribution in [0.25, 0.3) is 0 Å². The molecule has 1 aromatic heterocycles. The summed E-state index contributed by atoms with van der Waals surface area (Å²) in [5, 5.41) is 0.0681. The number of quaternary nitrogens is 1. The molecule has 2 N–H and O–H groups in total. The number of halogens is 3. The molecule has 4 atom stereocenters. The molecule has 0 spiro atoms. The zero-order valence-corrected chi connectivity index (χ0v) is 15.6. The molecule has 0 radical (unpaired) electrons. The van der Waals surface area contributed by atoms with Crippen LogP contribution in [0.4, 0.5) is 21.8 Å². The summed E-state index contributed by atoms with van der Waals surface area (Å²) in [6, 6.07) is 6.53. The first-order valence-electron chi connectivity index (χ1n) is 7.56. The number of alkyl halides is 1. The fourth-order valence-corrected chi connectivity index (χ4v) is 4.17. The standard InChI is InChI=1S/C16H18BrClFN4O/c1-9-8-23(15(17)10(2)24-9,14-5-6-21-16(20)22-14)11-3-4-13(19)12(18)7-11/h3-7,9-10,15H,8H2,1-2H3,(H2,20,21,22)/q+1. The number of aromatic nitrogens is 2. The van der Waals surface area contributed by atoms with E-state index in [9.17, 15) is 4.39 Å². The van der Waals surface area contributed by atoms with E-state index < -0.39 is 5.82 Å². The van der Waals surface area contributed by atoms with Crippen molar-refractivity contribution in [3.05, 3.63) is 41.3 Å². The fourth-order valence-electron chi connectivity index (χ4n) is 3.26. The molecule has 4 unspecified atom stereocenters. The van der Waals surface area contributed by atoms with Gasteiger partial charge in [0.25, 0.3) is 0 Å². The largest absolute Gasteiger partial charge is 0.368 e. The highest BCUT2D eigenvalue weighted by atomic mass is 79.9. The number of nitrogen functional groups attached to an aromatic ring is 1. The molecular formula is C16H18BrClFN4O+. The van der Waals surface area contributed by atoms with E-state index >= 15 is 0 Å². The zero-order chi connectivity index (χ0) is 17.5. The van der Waals surface area contributed by atoms with E-state index in [1.54, 1.807) is 18.3 Å². The maximum atomic E-state index is 13.7. The molecule has 24 heavy (non-hydrogen) atoms. The monoisotopic (exact) mass is 415 g/mol. The number of nitrogens with zero attached hydrogens (tertiary/aromatic N) is 3. The lowest BCUT2D eigenvalue weighted by Crippen LogP contribution is -2.62. The summed E-state index contributed by atoms with van der Waals surface area (Å²) in [5.41, 5.74) is 6.61.